The predicted octanol–water partition coefficient (Wildman–Crippen LogP) is 1.06. The molecule has 1 rings (SSSR count). The first-order valence-electron chi connectivity index (χ1n) is 3.85. The minimum absolute atomic E-state index is 0.0768. The number of aromatic carboxylic acids is 1. The molecule has 82 valence electrons. The highest BCUT2D eigenvalue weighted by Gasteiger charge is 2.17. The molecule has 1 aromatic carbocycles. The molecular formula is C8H8BrNO4S. The largest absolute Gasteiger partial charge is 0.478 e. The average Bonchev–Trinajstić information content (AvgIpc) is 2.17. The number of carboxylic acid groups (broad SMARTS) is 1. The van der Waals surface area contributed by atoms with Crippen LogP contribution in [0.1, 0.15) is 10.4 Å². The standard InChI is InChI=1S/C8H8BrNO4S/c1-10-15(13,14)7-4-5(8(11)12)2-3-6(7)9/h2-4,10H,1H3,(H,11,12). The zero-order valence-corrected chi connectivity index (χ0v) is 10.1. The Hall–Kier alpha value is -0.920. The molecule has 0 aliphatic heterocycles. The summed E-state index contributed by atoms with van der Waals surface area (Å²) >= 11 is 3.04. The highest BCUT2D eigenvalue weighted by Crippen LogP contribution is 2.22. The number of sulfonamides is 1. The van der Waals surface area contributed by atoms with Gasteiger partial charge in [-0.3, -0.25) is 0 Å². The average molecular weight is 294 g/mol. The molecule has 0 aliphatic rings. The molecule has 0 unspecified atom stereocenters. The summed E-state index contributed by atoms with van der Waals surface area (Å²) in [7, 11) is -2.39. The molecule has 0 heterocycles. The van der Waals surface area contributed by atoms with Gasteiger partial charge in [0.05, 0.1) is 10.5 Å². The first-order valence-corrected chi connectivity index (χ1v) is 6.12. The molecule has 0 bridgehead atoms. The Morgan fingerprint density at radius 1 is 1.47 bits per heavy atom. The van der Waals surface area contributed by atoms with Crippen LogP contribution in [-0.2, 0) is 10.0 Å². The highest BCUT2D eigenvalue weighted by atomic mass is 79.9. The number of rotatable bonds is 3. The van der Waals surface area contributed by atoms with Gasteiger partial charge in [-0.15, -0.1) is 0 Å². The maximum Gasteiger partial charge on any atom is 0.335 e. The van der Waals surface area contributed by atoms with Crippen LogP contribution < -0.4 is 4.72 Å². The summed E-state index contributed by atoms with van der Waals surface area (Å²) in [5.74, 6) is -1.17. The lowest BCUT2D eigenvalue weighted by molar-refractivity contribution is 0.0696. The van der Waals surface area contributed by atoms with E-state index in [0.717, 1.165) is 6.07 Å². The van der Waals surface area contributed by atoms with Crippen LogP contribution in [0, 0.1) is 0 Å². The van der Waals surface area contributed by atoms with Crippen molar-refractivity contribution in [3.8, 4) is 0 Å². The summed E-state index contributed by atoms with van der Waals surface area (Å²) in [5, 5.41) is 8.71. The zero-order valence-electron chi connectivity index (χ0n) is 7.69. The Balaban J connectivity index is 3.42. The van der Waals surface area contributed by atoms with Gasteiger partial charge in [0.25, 0.3) is 0 Å². The van der Waals surface area contributed by atoms with E-state index in [4.69, 9.17) is 5.11 Å². The predicted molar refractivity (Wildman–Crippen MR) is 57.3 cm³/mol. The molecule has 0 saturated heterocycles. The Kier molecular flexibility index (Phi) is 3.48. The molecular weight excluding hydrogens is 286 g/mol. The molecule has 0 spiro atoms. The number of hydrogen-bond donors (Lipinski definition) is 2. The summed E-state index contributed by atoms with van der Waals surface area (Å²) in [4.78, 5) is 10.6. The van der Waals surface area contributed by atoms with E-state index in [1.165, 1.54) is 19.2 Å². The smallest absolute Gasteiger partial charge is 0.335 e. The molecule has 7 heteroatoms. The van der Waals surface area contributed by atoms with Gasteiger partial charge in [0.2, 0.25) is 10.0 Å². The number of hydrogen-bond acceptors (Lipinski definition) is 3. The fourth-order valence-corrected chi connectivity index (χ4v) is 2.67. The molecule has 0 saturated carbocycles. The van der Waals surface area contributed by atoms with Gasteiger partial charge in [-0.1, -0.05) is 0 Å². The van der Waals surface area contributed by atoms with Crippen LogP contribution in [0.4, 0.5) is 0 Å². The van der Waals surface area contributed by atoms with Crippen LogP contribution >= 0.6 is 15.9 Å². The number of halogens is 1. The summed E-state index contributed by atoms with van der Waals surface area (Å²) in [6, 6.07) is 3.80. The summed E-state index contributed by atoms with van der Waals surface area (Å²) in [6.07, 6.45) is 0. The van der Waals surface area contributed by atoms with E-state index in [-0.39, 0.29) is 10.5 Å². The maximum absolute atomic E-state index is 11.5. The number of carboxylic acids is 1. The normalized spacial score (nSPS) is 11.3. The van der Waals surface area contributed by atoms with Crippen molar-refractivity contribution in [3.63, 3.8) is 0 Å². The van der Waals surface area contributed by atoms with E-state index < -0.39 is 16.0 Å². The molecule has 0 fully saturated rings. The molecule has 0 radical (unpaired) electrons. The van der Waals surface area contributed by atoms with Crippen molar-refractivity contribution in [2.75, 3.05) is 7.05 Å². The molecule has 2 N–H and O–H groups in total. The Morgan fingerprint density at radius 2 is 2.07 bits per heavy atom. The summed E-state index contributed by atoms with van der Waals surface area (Å²) in [6.45, 7) is 0. The first kappa shape index (κ1) is 12.2. The SMILES string of the molecule is CNS(=O)(=O)c1cc(C(=O)O)ccc1Br. The van der Waals surface area contributed by atoms with Crippen LogP contribution in [0.25, 0.3) is 0 Å². The topological polar surface area (TPSA) is 83.5 Å². The van der Waals surface area contributed by atoms with Gasteiger partial charge >= 0.3 is 5.97 Å². The van der Waals surface area contributed by atoms with E-state index in [1.807, 2.05) is 0 Å². The molecule has 15 heavy (non-hydrogen) atoms. The van der Waals surface area contributed by atoms with Crippen molar-refractivity contribution in [2.24, 2.45) is 0 Å². The number of carbonyl (C=O) groups is 1. The van der Waals surface area contributed by atoms with Crippen molar-refractivity contribution in [1.82, 2.24) is 4.72 Å². The van der Waals surface area contributed by atoms with E-state index in [9.17, 15) is 13.2 Å². The second-order valence-electron chi connectivity index (χ2n) is 2.66. The van der Waals surface area contributed by atoms with Gasteiger partial charge in [-0.05, 0) is 41.2 Å². The van der Waals surface area contributed by atoms with Gasteiger partial charge in [0.15, 0.2) is 0 Å². The lowest BCUT2D eigenvalue weighted by Crippen LogP contribution is -2.19. The second-order valence-corrected chi connectivity index (χ2v) is 5.37. The molecule has 0 amide bonds. The molecule has 0 aromatic heterocycles. The Morgan fingerprint density at radius 3 is 2.53 bits per heavy atom. The monoisotopic (exact) mass is 293 g/mol. The summed E-state index contributed by atoms with van der Waals surface area (Å²) < 4.78 is 25.4. The molecule has 0 aliphatic carbocycles. The molecule has 1 aromatic rings. The Labute approximate surface area is 95.3 Å². The second kappa shape index (κ2) is 4.30. The lowest BCUT2D eigenvalue weighted by atomic mass is 10.2. The van der Waals surface area contributed by atoms with Gasteiger partial charge in [-0.25, -0.2) is 17.9 Å². The number of nitrogens with one attached hydrogen (secondary N) is 1. The van der Waals surface area contributed by atoms with Gasteiger partial charge in [0, 0.05) is 4.47 Å². The maximum atomic E-state index is 11.5. The summed E-state index contributed by atoms with van der Waals surface area (Å²) in [5.41, 5.74) is -0.0768. The fraction of sp³-hybridized carbons (Fsp3) is 0.125. The van der Waals surface area contributed by atoms with Crippen LogP contribution in [-0.4, -0.2) is 26.5 Å². The third kappa shape index (κ3) is 2.55. The third-order valence-corrected chi connectivity index (χ3v) is 4.14. The molecule has 0 atom stereocenters. The van der Waals surface area contributed by atoms with E-state index >= 15 is 0 Å². The van der Waals surface area contributed by atoms with Crippen molar-refractivity contribution in [3.05, 3.63) is 28.2 Å². The van der Waals surface area contributed by atoms with Crippen molar-refractivity contribution < 1.29 is 18.3 Å². The van der Waals surface area contributed by atoms with Crippen molar-refractivity contribution in [2.45, 2.75) is 4.90 Å². The van der Waals surface area contributed by atoms with Crippen molar-refractivity contribution in [1.29, 1.82) is 0 Å². The van der Waals surface area contributed by atoms with E-state index in [1.54, 1.807) is 0 Å². The third-order valence-electron chi connectivity index (χ3n) is 1.74. The fourth-order valence-electron chi connectivity index (χ4n) is 0.952. The van der Waals surface area contributed by atoms with Crippen LogP contribution in [0.15, 0.2) is 27.6 Å². The van der Waals surface area contributed by atoms with E-state index in [0.29, 0.717) is 4.47 Å². The minimum Gasteiger partial charge on any atom is -0.478 e. The van der Waals surface area contributed by atoms with Gasteiger partial charge < -0.3 is 5.11 Å². The zero-order chi connectivity index (χ0) is 11.6. The van der Waals surface area contributed by atoms with Crippen LogP contribution in [0.3, 0.4) is 0 Å². The van der Waals surface area contributed by atoms with Crippen LogP contribution in [0.5, 0.6) is 0 Å². The van der Waals surface area contributed by atoms with E-state index in [2.05, 4.69) is 20.7 Å². The quantitative estimate of drug-likeness (QED) is 0.873. The first-order chi connectivity index (χ1) is 6.88. The van der Waals surface area contributed by atoms with Gasteiger partial charge in [-0.2, -0.15) is 0 Å². The lowest BCUT2D eigenvalue weighted by Gasteiger charge is -2.05. The minimum atomic E-state index is -3.65. The highest BCUT2D eigenvalue weighted by molar-refractivity contribution is 9.10. The van der Waals surface area contributed by atoms with Gasteiger partial charge in [0.1, 0.15) is 0 Å². The van der Waals surface area contributed by atoms with Crippen molar-refractivity contribution >= 4 is 31.9 Å². The van der Waals surface area contributed by atoms with Crippen LogP contribution in [0.2, 0.25) is 0 Å². The molecule has 5 nitrogen and oxygen atoms in total. The number of benzene rings is 1. The Bertz CT molecular complexity index is 497.